The maximum atomic E-state index is 12.6. The Morgan fingerprint density at radius 3 is 2.30 bits per heavy atom. The zero-order chi connectivity index (χ0) is 23.8. The Morgan fingerprint density at radius 1 is 1.06 bits per heavy atom. The first-order valence-corrected chi connectivity index (χ1v) is 12.5. The summed E-state index contributed by atoms with van der Waals surface area (Å²) in [5, 5.41) is 2.67. The van der Waals surface area contributed by atoms with Crippen LogP contribution in [0.15, 0.2) is 48.5 Å². The highest BCUT2D eigenvalue weighted by atomic mass is 32.2. The number of hydrogen-bond acceptors (Lipinski definition) is 6. The molecule has 0 aliphatic carbocycles. The number of aryl methyl sites for hydroxylation is 1. The molecular weight excluding hydrogens is 446 g/mol. The molecule has 2 amide bonds. The maximum Gasteiger partial charge on any atom is 0.254 e. The SMILES string of the molecule is Cc1ccc(OCCNC(=O)CN(c2ccc(C(=O)N3CCOCC3)cc2)S(C)(=O)=O)cc1. The van der Waals surface area contributed by atoms with Gasteiger partial charge in [-0.05, 0) is 43.3 Å². The van der Waals surface area contributed by atoms with Crippen molar-refractivity contribution >= 4 is 27.5 Å². The highest BCUT2D eigenvalue weighted by Gasteiger charge is 2.22. The van der Waals surface area contributed by atoms with Crippen LogP contribution in [0, 0.1) is 6.92 Å². The number of sulfonamides is 1. The first-order chi connectivity index (χ1) is 15.7. The van der Waals surface area contributed by atoms with Crippen LogP contribution in [0.3, 0.4) is 0 Å². The molecule has 0 radical (unpaired) electrons. The lowest BCUT2D eigenvalue weighted by Crippen LogP contribution is -2.41. The number of nitrogens with one attached hydrogen (secondary N) is 1. The van der Waals surface area contributed by atoms with E-state index in [1.165, 1.54) is 12.1 Å². The predicted molar refractivity (Wildman–Crippen MR) is 125 cm³/mol. The Balaban J connectivity index is 1.56. The summed E-state index contributed by atoms with van der Waals surface area (Å²) in [5.41, 5.74) is 1.88. The Hall–Kier alpha value is -3.11. The number of anilines is 1. The summed E-state index contributed by atoms with van der Waals surface area (Å²) in [4.78, 5) is 26.6. The summed E-state index contributed by atoms with van der Waals surface area (Å²) in [6.45, 7) is 4.12. The van der Waals surface area contributed by atoms with Gasteiger partial charge in [0.2, 0.25) is 15.9 Å². The van der Waals surface area contributed by atoms with Crippen LogP contribution in [0.25, 0.3) is 0 Å². The fraction of sp³-hybridized carbons (Fsp3) is 0.391. The molecule has 0 atom stereocenters. The molecule has 0 spiro atoms. The Labute approximate surface area is 194 Å². The van der Waals surface area contributed by atoms with Gasteiger partial charge in [0.15, 0.2) is 0 Å². The minimum Gasteiger partial charge on any atom is -0.492 e. The summed E-state index contributed by atoms with van der Waals surface area (Å²) in [6.07, 6.45) is 1.04. The number of hydrogen-bond donors (Lipinski definition) is 1. The van der Waals surface area contributed by atoms with Crippen molar-refractivity contribution in [3.05, 3.63) is 59.7 Å². The lowest BCUT2D eigenvalue weighted by Gasteiger charge is -2.27. The van der Waals surface area contributed by atoms with Crippen LogP contribution in [0.1, 0.15) is 15.9 Å². The Morgan fingerprint density at radius 2 is 1.70 bits per heavy atom. The van der Waals surface area contributed by atoms with E-state index in [1.54, 1.807) is 17.0 Å². The number of morpholine rings is 1. The van der Waals surface area contributed by atoms with Gasteiger partial charge in [-0.2, -0.15) is 0 Å². The number of ether oxygens (including phenoxy) is 2. The normalized spacial score (nSPS) is 13.9. The van der Waals surface area contributed by atoms with Crippen LogP contribution in [0.2, 0.25) is 0 Å². The second-order valence-corrected chi connectivity index (χ2v) is 9.64. The molecular formula is C23H29N3O6S. The molecule has 0 aromatic heterocycles. The highest BCUT2D eigenvalue weighted by Crippen LogP contribution is 2.19. The molecule has 9 nitrogen and oxygen atoms in total. The van der Waals surface area contributed by atoms with Crippen molar-refractivity contribution < 1.29 is 27.5 Å². The van der Waals surface area contributed by atoms with Crippen LogP contribution >= 0.6 is 0 Å². The lowest BCUT2D eigenvalue weighted by atomic mass is 10.1. The molecule has 2 aromatic rings. The van der Waals surface area contributed by atoms with Crippen molar-refractivity contribution in [2.24, 2.45) is 0 Å². The number of nitrogens with zero attached hydrogens (tertiary/aromatic N) is 2. The third-order valence-electron chi connectivity index (χ3n) is 5.10. The first kappa shape index (κ1) is 24.5. The molecule has 2 aromatic carbocycles. The van der Waals surface area contributed by atoms with Crippen LogP contribution in [-0.2, 0) is 19.6 Å². The highest BCUT2D eigenvalue weighted by molar-refractivity contribution is 7.92. The Kier molecular flexibility index (Phi) is 8.29. The molecule has 1 aliphatic heterocycles. The molecule has 1 N–H and O–H groups in total. The standard InChI is InChI=1S/C23H29N3O6S/c1-18-3-9-21(10-4-18)32-14-11-24-22(27)17-26(33(2,29)30)20-7-5-19(6-8-20)23(28)25-12-15-31-16-13-25/h3-10H,11-17H2,1-2H3,(H,24,27). The molecule has 1 fully saturated rings. The molecule has 33 heavy (non-hydrogen) atoms. The van der Waals surface area contributed by atoms with Crippen molar-refractivity contribution in [1.29, 1.82) is 0 Å². The largest absolute Gasteiger partial charge is 0.492 e. The van der Waals surface area contributed by atoms with Crippen LogP contribution in [0.4, 0.5) is 5.69 Å². The average Bonchev–Trinajstić information content (AvgIpc) is 2.81. The topological polar surface area (TPSA) is 105 Å². The average molecular weight is 476 g/mol. The van der Waals surface area contributed by atoms with E-state index >= 15 is 0 Å². The molecule has 10 heteroatoms. The van der Waals surface area contributed by atoms with Crippen LogP contribution in [0.5, 0.6) is 5.75 Å². The quantitative estimate of drug-likeness (QED) is 0.550. The second-order valence-electron chi connectivity index (χ2n) is 7.73. The van der Waals surface area contributed by atoms with E-state index in [0.29, 0.717) is 43.3 Å². The smallest absolute Gasteiger partial charge is 0.254 e. The van der Waals surface area contributed by atoms with Gasteiger partial charge in [-0.1, -0.05) is 17.7 Å². The van der Waals surface area contributed by atoms with E-state index in [2.05, 4.69) is 5.32 Å². The summed E-state index contributed by atoms with van der Waals surface area (Å²) in [5.74, 6) is 0.0998. The van der Waals surface area contributed by atoms with Gasteiger partial charge in [0.05, 0.1) is 31.7 Å². The molecule has 0 bridgehead atoms. The van der Waals surface area contributed by atoms with E-state index in [1.807, 2.05) is 31.2 Å². The molecule has 0 unspecified atom stereocenters. The summed E-state index contributed by atoms with van der Waals surface area (Å²) >= 11 is 0. The van der Waals surface area contributed by atoms with Crippen LogP contribution in [-0.4, -0.2) is 77.4 Å². The van der Waals surface area contributed by atoms with Crippen molar-refractivity contribution in [1.82, 2.24) is 10.2 Å². The van der Waals surface area contributed by atoms with Crippen molar-refractivity contribution in [2.45, 2.75) is 6.92 Å². The molecule has 3 rings (SSSR count). The summed E-state index contributed by atoms with van der Waals surface area (Å²) < 4.78 is 36.4. The van der Waals surface area contributed by atoms with Gasteiger partial charge in [0.1, 0.15) is 18.9 Å². The van der Waals surface area contributed by atoms with Crippen LogP contribution < -0.4 is 14.4 Å². The van der Waals surface area contributed by atoms with Crippen molar-refractivity contribution in [3.8, 4) is 5.75 Å². The zero-order valence-electron chi connectivity index (χ0n) is 18.8. The van der Waals surface area contributed by atoms with E-state index in [9.17, 15) is 18.0 Å². The molecule has 1 heterocycles. The van der Waals surface area contributed by atoms with Gasteiger partial charge in [-0.25, -0.2) is 8.42 Å². The monoisotopic (exact) mass is 475 g/mol. The van der Waals surface area contributed by atoms with Gasteiger partial charge >= 0.3 is 0 Å². The van der Waals surface area contributed by atoms with Gasteiger partial charge in [0, 0.05) is 18.7 Å². The van der Waals surface area contributed by atoms with Gasteiger partial charge < -0.3 is 19.7 Å². The maximum absolute atomic E-state index is 12.6. The summed E-state index contributed by atoms with van der Waals surface area (Å²) in [6, 6.07) is 13.7. The van der Waals surface area contributed by atoms with Gasteiger partial charge in [-0.3, -0.25) is 13.9 Å². The number of amides is 2. The number of benzene rings is 2. The molecule has 1 aliphatic rings. The number of carbonyl (C=O) groups is 2. The third kappa shape index (κ3) is 7.19. The first-order valence-electron chi connectivity index (χ1n) is 10.6. The minimum atomic E-state index is -3.71. The molecule has 178 valence electrons. The van der Waals surface area contributed by atoms with E-state index in [0.717, 1.165) is 16.1 Å². The number of carbonyl (C=O) groups excluding carboxylic acids is 2. The van der Waals surface area contributed by atoms with Gasteiger partial charge in [0.25, 0.3) is 5.91 Å². The fourth-order valence-electron chi connectivity index (χ4n) is 3.30. The number of rotatable bonds is 9. The predicted octanol–water partition coefficient (Wildman–Crippen LogP) is 1.43. The zero-order valence-corrected chi connectivity index (χ0v) is 19.6. The Bertz CT molecular complexity index is 1050. The summed E-state index contributed by atoms with van der Waals surface area (Å²) in [7, 11) is -3.71. The van der Waals surface area contributed by atoms with E-state index in [4.69, 9.17) is 9.47 Å². The molecule has 1 saturated heterocycles. The second kappa shape index (κ2) is 11.2. The fourth-order valence-corrected chi connectivity index (χ4v) is 4.16. The van der Waals surface area contributed by atoms with E-state index in [-0.39, 0.29) is 25.6 Å². The third-order valence-corrected chi connectivity index (χ3v) is 6.24. The minimum absolute atomic E-state index is 0.137. The van der Waals surface area contributed by atoms with E-state index < -0.39 is 15.9 Å². The lowest BCUT2D eigenvalue weighted by molar-refractivity contribution is -0.119. The molecule has 0 saturated carbocycles. The van der Waals surface area contributed by atoms with Crippen molar-refractivity contribution in [2.75, 3.05) is 56.6 Å². The van der Waals surface area contributed by atoms with Crippen molar-refractivity contribution in [3.63, 3.8) is 0 Å². The van der Waals surface area contributed by atoms with Gasteiger partial charge in [-0.15, -0.1) is 0 Å².